The topological polar surface area (TPSA) is 62.2 Å². The third-order valence-electron chi connectivity index (χ3n) is 2.32. The lowest BCUT2D eigenvalue weighted by Gasteiger charge is -2.06. The molecule has 2 rings (SSSR count). The Kier molecular flexibility index (Phi) is 4.07. The quantitative estimate of drug-likeness (QED) is 0.857. The van der Waals surface area contributed by atoms with Crippen molar-refractivity contribution in [3.8, 4) is 0 Å². The van der Waals surface area contributed by atoms with Crippen LogP contribution in [0.25, 0.3) is 0 Å². The number of aliphatic hydroxyl groups is 1. The number of nitrogens with zero attached hydrogens (tertiary/aromatic N) is 1. The summed E-state index contributed by atoms with van der Waals surface area (Å²) in [4.78, 5) is 16.0. The average Bonchev–Trinajstić information content (AvgIpc) is 2.39. The number of benzene rings is 1. The SMILES string of the molecule is O=C(Nc1cccc(CO)c1)c1cccc(Br)n1. The van der Waals surface area contributed by atoms with E-state index in [-0.39, 0.29) is 12.5 Å². The van der Waals surface area contributed by atoms with Crippen molar-refractivity contribution in [2.75, 3.05) is 5.32 Å². The van der Waals surface area contributed by atoms with Crippen molar-refractivity contribution in [2.24, 2.45) is 0 Å². The summed E-state index contributed by atoms with van der Waals surface area (Å²) in [6.07, 6.45) is 0. The van der Waals surface area contributed by atoms with Crippen LogP contribution in [0.2, 0.25) is 0 Å². The number of hydrogen-bond acceptors (Lipinski definition) is 3. The first-order chi connectivity index (χ1) is 8.69. The number of hydrogen-bond donors (Lipinski definition) is 2. The molecule has 1 amide bonds. The fourth-order valence-electron chi connectivity index (χ4n) is 1.48. The molecule has 1 heterocycles. The second-order valence-corrected chi connectivity index (χ2v) is 4.47. The zero-order valence-electron chi connectivity index (χ0n) is 9.43. The minimum absolute atomic E-state index is 0.0567. The standard InChI is InChI=1S/C13H11BrN2O2/c14-12-6-2-5-11(16-12)13(18)15-10-4-1-3-9(7-10)8-17/h1-7,17H,8H2,(H,15,18). The Morgan fingerprint density at radius 1 is 1.28 bits per heavy atom. The van der Waals surface area contributed by atoms with E-state index in [9.17, 15) is 4.79 Å². The number of rotatable bonds is 3. The highest BCUT2D eigenvalue weighted by Crippen LogP contribution is 2.13. The van der Waals surface area contributed by atoms with E-state index in [1.165, 1.54) is 0 Å². The number of aliphatic hydroxyl groups excluding tert-OH is 1. The molecule has 1 aromatic heterocycles. The normalized spacial score (nSPS) is 10.1. The predicted octanol–water partition coefficient (Wildman–Crippen LogP) is 2.59. The van der Waals surface area contributed by atoms with Gasteiger partial charge in [0.25, 0.3) is 5.91 Å². The minimum Gasteiger partial charge on any atom is -0.392 e. The van der Waals surface area contributed by atoms with Crippen LogP contribution >= 0.6 is 15.9 Å². The molecule has 0 atom stereocenters. The van der Waals surface area contributed by atoms with E-state index in [2.05, 4.69) is 26.2 Å². The van der Waals surface area contributed by atoms with Crippen molar-refractivity contribution in [1.29, 1.82) is 0 Å². The lowest BCUT2D eigenvalue weighted by atomic mass is 10.2. The number of pyridine rings is 1. The summed E-state index contributed by atoms with van der Waals surface area (Å²) in [5.74, 6) is -0.286. The van der Waals surface area contributed by atoms with E-state index < -0.39 is 0 Å². The Morgan fingerprint density at radius 2 is 2.06 bits per heavy atom. The Hall–Kier alpha value is -1.72. The smallest absolute Gasteiger partial charge is 0.274 e. The number of nitrogens with one attached hydrogen (secondary N) is 1. The van der Waals surface area contributed by atoms with E-state index in [0.717, 1.165) is 5.56 Å². The molecule has 0 radical (unpaired) electrons. The maximum atomic E-state index is 11.9. The molecule has 2 N–H and O–H groups in total. The van der Waals surface area contributed by atoms with E-state index in [0.29, 0.717) is 16.0 Å². The predicted molar refractivity (Wildman–Crippen MR) is 72.3 cm³/mol. The van der Waals surface area contributed by atoms with Gasteiger partial charge in [-0.1, -0.05) is 18.2 Å². The molecule has 0 aliphatic carbocycles. The summed E-state index contributed by atoms with van der Waals surface area (Å²) in [5, 5.41) is 11.7. The van der Waals surface area contributed by atoms with Crippen molar-refractivity contribution in [3.63, 3.8) is 0 Å². The number of amides is 1. The first-order valence-electron chi connectivity index (χ1n) is 5.33. The van der Waals surface area contributed by atoms with Gasteiger partial charge in [0.15, 0.2) is 0 Å². The van der Waals surface area contributed by atoms with Gasteiger partial charge in [-0.2, -0.15) is 0 Å². The summed E-state index contributed by atoms with van der Waals surface area (Å²) in [5.41, 5.74) is 1.71. The number of carbonyl (C=O) groups excluding carboxylic acids is 1. The molecule has 0 aliphatic heterocycles. The van der Waals surface area contributed by atoms with Gasteiger partial charge in [0, 0.05) is 5.69 Å². The second-order valence-electron chi connectivity index (χ2n) is 3.66. The number of halogens is 1. The zero-order valence-corrected chi connectivity index (χ0v) is 11.0. The van der Waals surface area contributed by atoms with Gasteiger partial charge in [0.1, 0.15) is 10.3 Å². The Labute approximate surface area is 113 Å². The molecule has 0 bridgehead atoms. The molecule has 0 spiro atoms. The highest BCUT2D eigenvalue weighted by Gasteiger charge is 2.07. The Morgan fingerprint density at radius 3 is 2.78 bits per heavy atom. The minimum atomic E-state index is -0.286. The van der Waals surface area contributed by atoms with Gasteiger partial charge in [-0.05, 0) is 45.8 Å². The van der Waals surface area contributed by atoms with E-state index in [1.54, 1.807) is 42.5 Å². The molecule has 0 aliphatic rings. The van der Waals surface area contributed by atoms with Gasteiger partial charge in [-0.25, -0.2) is 4.98 Å². The molecule has 2 aromatic rings. The Balaban J connectivity index is 2.16. The van der Waals surface area contributed by atoms with Gasteiger partial charge in [0.2, 0.25) is 0 Å². The molecule has 0 saturated heterocycles. The van der Waals surface area contributed by atoms with Crippen LogP contribution in [0, 0.1) is 0 Å². The van der Waals surface area contributed by atoms with Crippen molar-refractivity contribution in [1.82, 2.24) is 4.98 Å². The molecule has 0 saturated carbocycles. The van der Waals surface area contributed by atoms with E-state index >= 15 is 0 Å². The third kappa shape index (κ3) is 3.15. The summed E-state index contributed by atoms with van der Waals surface area (Å²) in [6.45, 7) is -0.0567. The van der Waals surface area contributed by atoms with Crippen LogP contribution in [0.5, 0.6) is 0 Å². The van der Waals surface area contributed by atoms with Crippen LogP contribution in [0.3, 0.4) is 0 Å². The fourth-order valence-corrected chi connectivity index (χ4v) is 1.82. The Bertz CT molecular complexity index is 572. The number of aromatic nitrogens is 1. The molecule has 4 nitrogen and oxygen atoms in total. The summed E-state index contributed by atoms with van der Waals surface area (Å²) in [6, 6.07) is 12.2. The average molecular weight is 307 g/mol. The van der Waals surface area contributed by atoms with E-state index in [4.69, 9.17) is 5.11 Å². The maximum absolute atomic E-state index is 11.9. The van der Waals surface area contributed by atoms with Crippen molar-refractivity contribution in [2.45, 2.75) is 6.61 Å². The molecule has 0 fully saturated rings. The summed E-state index contributed by atoms with van der Waals surface area (Å²) >= 11 is 3.21. The lowest BCUT2D eigenvalue weighted by molar-refractivity contribution is 0.102. The number of anilines is 1. The van der Waals surface area contributed by atoms with Crippen molar-refractivity contribution >= 4 is 27.5 Å². The van der Waals surface area contributed by atoms with Crippen LogP contribution in [0.15, 0.2) is 47.1 Å². The maximum Gasteiger partial charge on any atom is 0.274 e. The van der Waals surface area contributed by atoms with Crippen LogP contribution in [-0.2, 0) is 6.61 Å². The lowest BCUT2D eigenvalue weighted by Crippen LogP contribution is -2.13. The fraction of sp³-hybridized carbons (Fsp3) is 0.0769. The number of carbonyl (C=O) groups is 1. The molecular weight excluding hydrogens is 296 g/mol. The van der Waals surface area contributed by atoms with Gasteiger partial charge >= 0.3 is 0 Å². The largest absolute Gasteiger partial charge is 0.392 e. The molecule has 0 unspecified atom stereocenters. The summed E-state index contributed by atoms with van der Waals surface area (Å²) < 4.78 is 0.610. The monoisotopic (exact) mass is 306 g/mol. The van der Waals surface area contributed by atoms with Gasteiger partial charge in [-0.15, -0.1) is 0 Å². The van der Waals surface area contributed by atoms with Crippen LogP contribution < -0.4 is 5.32 Å². The van der Waals surface area contributed by atoms with Gasteiger partial charge in [0.05, 0.1) is 6.61 Å². The third-order valence-corrected chi connectivity index (χ3v) is 2.76. The van der Waals surface area contributed by atoms with Gasteiger partial charge in [-0.3, -0.25) is 4.79 Å². The highest BCUT2D eigenvalue weighted by atomic mass is 79.9. The second kappa shape index (κ2) is 5.75. The van der Waals surface area contributed by atoms with Crippen molar-refractivity contribution < 1.29 is 9.90 Å². The zero-order chi connectivity index (χ0) is 13.0. The molecular formula is C13H11BrN2O2. The molecule has 92 valence electrons. The van der Waals surface area contributed by atoms with Crippen LogP contribution in [0.4, 0.5) is 5.69 Å². The van der Waals surface area contributed by atoms with E-state index in [1.807, 2.05) is 0 Å². The van der Waals surface area contributed by atoms with Gasteiger partial charge < -0.3 is 10.4 Å². The molecule has 1 aromatic carbocycles. The first-order valence-corrected chi connectivity index (χ1v) is 6.12. The van der Waals surface area contributed by atoms with Crippen LogP contribution in [-0.4, -0.2) is 16.0 Å². The first kappa shape index (κ1) is 12.7. The summed E-state index contributed by atoms with van der Waals surface area (Å²) in [7, 11) is 0. The molecule has 5 heteroatoms. The van der Waals surface area contributed by atoms with Crippen LogP contribution in [0.1, 0.15) is 16.1 Å². The van der Waals surface area contributed by atoms with Crippen molar-refractivity contribution in [3.05, 3.63) is 58.3 Å². The highest BCUT2D eigenvalue weighted by molar-refractivity contribution is 9.10. The molecule has 18 heavy (non-hydrogen) atoms.